The van der Waals surface area contributed by atoms with E-state index in [0.29, 0.717) is 6.07 Å². The Kier molecular flexibility index (Phi) is 3.63. The van der Waals surface area contributed by atoms with Crippen LogP contribution in [0.15, 0.2) is 12.1 Å². The number of benzene rings is 1. The fourth-order valence-electron chi connectivity index (χ4n) is 1.51. The molecule has 0 spiro atoms. The predicted molar refractivity (Wildman–Crippen MR) is 54.7 cm³/mol. The Bertz CT molecular complexity index is 353. The van der Waals surface area contributed by atoms with Crippen LogP contribution in [0.4, 0.5) is 8.78 Å². The molecule has 2 nitrogen and oxygen atoms in total. The van der Waals surface area contributed by atoms with Gasteiger partial charge in [0.1, 0.15) is 5.82 Å². The van der Waals surface area contributed by atoms with Gasteiger partial charge < -0.3 is 10.4 Å². The van der Waals surface area contributed by atoms with Crippen molar-refractivity contribution in [2.45, 2.75) is 32.9 Å². The normalized spacial score (nSPS) is 13.2. The summed E-state index contributed by atoms with van der Waals surface area (Å²) < 4.78 is 25.9. The molecule has 84 valence electrons. The van der Waals surface area contributed by atoms with Crippen LogP contribution in [0.3, 0.4) is 0 Å². The van der Waals surface area contributed by atoms with Crippen molar-refractivity contribution in [3.8, 4) is 5.75 Å². The summed E-state index contributed by atoms with van der Waals surface area (Å²) in [5.41, 5.74) is 0.237. The number of halogens is 2. The minimum atomic E-state index is -0.928. The third kappa shape index (κ3) is 2.89. The van der Waals surface area contributed by atoms with Gasteiger partial charge in [0.2, 0.25) is 0 Å². The van der Waals surface area contributed by atoms with E-state index in [2.05, 4.69) is 5.32 Å². The van der Waals surface area contributed by atoms with Gasteiger partial charge in [0.15, 0.2) is 11.6 Å². The zero-order valence-corrected chi connectivity index (χ0v) is 9.01. The van der Waals surface area contributed by atoms with E-state index in [-0.39, 0.29) is 17.6 Å². The largest absolute Gasteiger partial charge is 0.505 e. The van der Waals surface area contributed by atoms with Crippen LogP contribution >= 0.6 is 0 Å². The maximum Gasteiger partial charge on any atom is 0.168 e. The van der Waals surface area contributed by atoms with E-state index < -0.39 is 17.4 Å². The first-order valence-electron chi connectivity index (χ1n) is 4.85. The zero-order valence-electron chi connectivity index (χ0n) is 9.01. The van der Waals surface area contributed by atoms with E-state index >= 15 is 0 Å². The van der Waals surface area contributed by atoms with Gasteiger partial charge in [-0.25, -0.2) is 8.78 Å². The Morgan fingerprint density at radius 1 is 1.20 bits per heavy atom. The maximum absolute atomic E-state index is 13.0. The number of hydrogen-bond acceptors (Lipinski definition) is 2. The first-order valence-corrected chi connectivity index (χ1v) is 4.85. The zero-order chi connectivity index (χ0) is 11.6. The summed E-state index contributed by atoms with van der Waals surface area (Å²) in [6.07, 6.45) is 0. The molecule has 0 saturated carbocycles. The highest BCUT2D eigenvalue weighted by molar-refractivity contribution is 5.36. The number of hydrogen-bond donors (Lipinski definition) is 2. The minimum Gasteiger partial charge on any atom is -0.505 e. The van der Waals surface area contributed by atoms with Gasteiger partial charge in [-0.2, -0.15) is 0 Å². The molecule has 0 amide bonds. The van der Waals surface area contributed by atoms with Gasteiger partial charge >= 0.3 is 0 Å². The third-order valence-electron chi connectivity index (χ3n) is 2.11. The van der Waals surface area contributed by atoms with E-state index in [0.717, 1.165) is 6.07 Å². The lowest BCUT2D eigenvalue weighted by atomic mass is 10.1. The van der Waals surface area contributed by atoms with Crippen molar-refractivity contribution < 1.29 is 13.9 Å². The second-order valence-electron chi connectivity index (χ2n) is 3.87. The molecule has 0 heterocycles. The van der Waals surface area contributed by atoms with Gasteiger partial charge in [0.25, 0.3) is 0 Å². The van der Waals surface area contributed by atoms with Crippen molar-refractivity contribution in [1.82, 2.24) is 5.32 Å². The summed E-state index contributed by atoms with van der Waals surface area (Å²) in [5, 5.41) is 12.5. The van der Waals surface area contributed by atoms with Crippen molar-refractivity contribution in [2.75, 3.05) is 0 Å². The smallest absolute Gasteiger partial charge is 0.168 e. The number of rotatable bonds is 3. The van der Waals surface area contributed by atoms with Crippen LogP contribution in [0.1, 0.15) is 32.4 Å². The highest BCUT2D eigenvalue weighted by Gasteiger charge is 2.16. The molecule has 0 aliphatic carbocycles. The fourth-order valence-corrected chi connectivity index (χ4v) is 1.51. The first kappa shape index (κ1) is 11.9. The molecule has 1 unspecified atom stereocenters. The van der Waals surface area contributed by atoms with Crippen LogP contribution in [-0.4, -0.2) is 11.1 Å². The topological polar surface area (TPSA) is 32.3 Å². The predicted octanol–water partition coefficient (Wildman–Crippen LogP) is 2.73. The van der Waals surface area contributed by atoms with E-state index in [1.165, 1.54) is 0 Å². The van der Waals surface area contributed by atoms with Crippen LogP contribution in [0, 0.1) is 11.6 Å². The Morgan fingerprint density at radius 2 is 1.80 bits per heavy atom. The summed E-state index contributed by atoms with van der Waals surface area (Å²) in [6, 6.07) is 1.68. The van der Waals surface area contributed by atoms with E-state index in [9.17, 15) is 13.9 Å². The summed E-state index contributed by atoms with van der Waals surface area (Å²) >= 11 is 0. The lowest BCUT2D eigenvalue weighted by Gasteiger charge is -2.18. The van der Waals surface area contributed by atoms with Crippen molar-refractivity contribution in [3.63, 3.8) is 0 Å². The highest BCUT2D eigenvalue weighted by Crippen LogP contribution is 2.28. The molecule has 0 radical (unpaired) electrons. The summed E-state index contributed by atoms with van der Waals surface area (Å²) in [4.78, 5) is 0. The molecule has 0 saturated heterocycles. The van der Waals surface area contributed by atoms with Gasteiger partial charge in [0.05, 0.1) is 0 Å². The molecule has 0 aliphatic heterocycles. The molecule has 2 N–H and O–H groups in total. The summed E-state index contributed by atoms with van der Waals surface area (Å²) in [5.74, 6) is -2.10. The van der Waals surface area contributed by atoms with E-state index in [1.807, 2.05) is 13.8 Å². The molecule has 1 aromatic rings. The number of phenols is 1. The van der Waals surface area contributed by atoms with Gasteiger partial charge in [0, 0.05) is 23.7 Å². The number of aromatic hydroxyl groups is 1. The van der Waals surface area contributed by atoms with Crippen molar-refractivity contribution in [1.29, 1.82) is 0 Å². The van der Waals surface area contributed by atoms with Crippen LogP contribution in [0.2, 0.25) is 0 Å². The van der Waals surface area contributed by atoms with Crippen LogP contribution in [0.25, 0.3) is 0 Å². The van der Waals surface area contributed by atoms with E-state index in [4.69, 9.17) is 0 Å². The van der Waals surface area contributed by atoms with Crippen molar-refractivity contribution in [2.24, 2.45) is 0 Å². The molecule has 1 rings (SSSR count). The van der Waals surface area contributed by atoms with Crippen molar-refractivity contribution >= 4 is 0 Å². The lowest BCUT2D eigenvalue weighted by molar-refractivity contribution is 0.404. The maximum atomic E-state index is 13.0. The SMILES string of the molecule is CC(C)NC(C)c1cc(F)cc(F)c1O. The molecular weight excluding hydrogens is 200 g/mol. The van der Waals surface area contributed by atoms with Gasteiger partial charge in [-0.3, -0.25) is 0 Å². The second kappa shape index (κ2) is 4.57. The summed E-state index contributed by atoms with van der Waals surface area (Å²) in [6.45, 7) is 5.58. The molecule has 0 fully saturated rings. The quantitative estimate of drug-likeness (QED) is 0.812. The molecular formula is C11H15F2NO. The highest BCUT2D eigenvalue weighted by atomic mass is 19.1. The first-order chi connectivity index (χ1) is 6.91. The Labute approximate surface area is 87.9 Å². The van der Waals surface area contributed by atoms with Gasteiger partial charge in [-0.15, -0.1) is 0 Å². The van der Waals surface area contributed by atoms with E-state index in [1.54, 1.807) is 6.92 Å². The number of nitrogens with one attached hydrogen (secondary N) is 1. The Hall–Kier alpha value is -1.16. The van der Waals surface area contributed by atoms with Crippen LogP contribution in [0.5, 0.6) is 5.75 Å². The molecule has 4 heteroatoms. The molecule has 1 aromatic carbocycles. The minimum absolute atomic E-state index is 0.172. The Balaban J connectivity index is 3.02. The van der Waals surface area contributed by atoms with Crippen LogP contribution in [-0.2, 0) is 0 Å². The van der Waals surface area contributed by atoms with Crippen molar-refractivity contribution in [3.05, 3.63) is 29.3 Å². The molecule has 0 bridgehead atoms. The molecule has 0 aliphatic rings. The second-order valence-corrected chi connectivity index (χ2v) is 3.87. The Morgan fingerprint density at radius 3 is 2.33 bits per heavy atom. The average Bonchev–Trinajstić information content (AvgIpc) is 2.09. The molecule has 0 aromatic heterocycles. The number of phenolic OH excluding ortho intramolecular Hbond substituents is 1. The van der Waals surface area contributed by atoms with Gasteiger partial charge in [-0.1, -0.05) is 13.8 Å². The standard InChI is InChI=1S/C11H15F2NO/c1-6(2)14-7(3)9-4-8(12)5-10(13)11(9)15/h4-7,14-15H,1-3H3. The molecule has 15 heavy (non-hydrogen) atoms. The molecule has 1 atom stereocenters. The lowest BCUT2D eigenvalue weighted by Crippen LogP contribution is -2.26. The third-order valence-corrected chi connectivity index (χ3v) is 2.11. The monoisotopic (exact) mass is 215 g/mol. The van der Waals surface area contributed by atoms with Crippen LogP contribution < -0.4 is 5.32 Å². The van der Waals surface area contributed by atoms with Gasteiger partial charge in [-0.05, 0) is 13.0 Å². The summed E-state index contributed by atoms with van der Waals surface area (Å²) in [7, 11) is 0. The average molecular weight is 215 g/mol. The fraction of sp³-hybridized carbons (Fsp3) is 0.455.